The fourth-order valence-corrected chi connectivity index (χ4v) is 3.16. The third-order valence-corrected chi connectivity index (χ3v) is 3.94. The van der Waals surface area contributed by atoms with Crippen molar-refractivity contribution in [3.63, 3.8) is 0 Å². The van der Waals surface area contributed by atoms with Crippen LogP contribution < -0.4 is 4.90 Å². The number of carboxylic acid groups (broad SMARTS) is 1. The van der Waals surface area contributed by atoms with Gasteiger partial charge in [0.2, 0.25) is 0 Å². The van der Waals surface area contributed by atoms with Crippen LogP contribution in [0.5, 0.6) is 0 Å². The van der Waals surface area contributed by atoms with Crippen LogP contribution in [0, 0.1) is 5.92 Å². The molecule has 1 N–H and O–H groups in total. The molecule has 3 heterocycles. The number of aliphatic carboxylic acids is 1. The molecule has 0 aromatic carbocycles. The van der Waals surface area contributed by atoms with Crippen molar-refractivity contribution in [1.82, 2.24) is 10.2 Å². The molecule has 2 bridgehead atoms. The average Bonchev–Trinajstić information content (AvgIpc) is 2.87. The molecular weight excluding hydrogens is 242 g/mol. The monoisotopic (exact) mass is 253 g/mol. The van der Waals surface area contributed by atoms with E-state index >= 15 is 0 Å². The van der Waals surface area contributed by atoms with Crippen molar-refractivity contribution in [2.75, 3.05) is 4.90 Å². The molecule has 17 heavy (non-hydrogen) atoms. The molecule has 90 valence electrons. The quantitative estimate of drug-likeness (QED) is 0.867. The number of carbonyl (C=O) groups is 1. The van der Waals surface area contributed by atoms with Crippen molar-refractivity contribution in [1.29, 1.82) is 0 Å². The normalized spacial score (nSPS) is 30.9. The Kier molecular flexibility index (Phi) is 2.43. The van der Waals surface area contributed by atoms with Crippen molar-refractivity contribution in [2.45, 2.75) is 31.3 Å². The number of carboxylic acids is 1. The van der Waals surface area contributed by atoms with Crippen LogP contribution in [-0.2, 0) is 4.79 Å². The molecule has 2 saturated heterocycles. The van der Waals surface area contributed by atoms with Crippen LogP contribution in [0.1, 0.15) is 19.3 Å². The first kappa shape index (κ1) is 10.8. The lowest BCUT2D eigenvalue weighted by molar-refractivity contribution is -0.142. The van der Waals surface area contributed by atoms with Gasteiger partial charge in [-0.25, -0.2) is 0 Å². The maximum absolute atomic E-state index is 11.1. The first-order valence-electron chi connectivity index (χ1n) is 5.67. The van der Waals surface area contributed by atoms with E-state index in [-0.39, 0.29) is 18.0 Å². The first-order chi connectivity index (χ1) is 8.16. The molecular formula is C11H12ClN3O2. The fourth-order valence-electron chi connectivity index (χ4n) is 3.06. The SMILES string of the molecule is O=C(O)C1CC2CCC1N2c1ccc(Cl)nn1. The summed E-state index contributed by atoms with van der Waals surface area (Å²) in [6.45, 7) is 0. The maximum atomic E-state index is 11.1. The van der Waals surface area contributed by atoms with E-state index in [2.05, 4.69) is 15.1 Å². The van der Waals surface area contributed by atoms with Crippen molar-refractivity contribution in [3.05, 3.63) is 17.3 Å². The molecule has 0 aliphatic carbocycles. The summed E-state index contributed by atoms with van der Waals surface area (Å²) in [4.78, 5) is 13.2. The third kappa shape index (κ3) is 1.65. The van der Waals surface area contributed by atoms with E-state index in [0.717, 1.165) is 18.7 Å². The van der Waals surface area contributed by atoms with Gasteiger partial charge in [0.15, 0.2) is 11.0 Å². The highest BCUT2D eigenvalue weighted by atomic mass is 35.5. The standard InChI is InChI=1S/C11H12ClN3O2/c12-9-3-4-10(14-13-9)15-6-1-2-8(15)7(5-6)11(16)17/h3-4,6-8H,1-2,5H2,(H,16,17). The Morgan fingerprint density at radius 1 is 1.41 bits per heavy atom. The van der Waals surface area contributed by atoms with Crippen LogP contribution in [0.15, 0.2) is 12.1 Å². The summed E-state index contributed by atoms with van der Waals surface area (Å²) in [7, 11) is 0. The van der Waals surface area contributed by atoms with Gasteiger partial charge in [-0.3, -0.25) is 4.79 Å². The molecule has 2 aliphatic rings. The summed E-state index contributed by atoms with van der Waals surface area (Å²) >= 11 is 5.70. The zero-order valence-corrected chi connectivity index (χ0v) is 9.84. The predicted octanol–water partition coefficient (Wildman–Crippen LogP) is 1.57. The van der Waals surface area contributed by atoms with Crippen molar-refractivity contribution in [2.24, 2.45) is 5.92 Å². The highest BCUT2D eigenvalue weighted by molar-refractivity contribution is 6.29. The van der Waals surface area contributed by atoms with Crippen molar-refractivity contribution >= 4 is 23.4 Å². The molecule has 2 aliphatic heterocycles. The van der Waals surface area contributed by atoms with E-state index in [1.165, 1.54) is 0 Å². The molecule has 3 unspecified atom stereocenters. The molecule has 2 fully saturated rings. The summed E-state index contributed by atoms with van der Waals surface area (Å²) in [6, 6.07) is 3.85. The molecule has 1 aromatic heterocycles. The Bertz CT molecular complexity index is 451. The number of anilines is 1. The number of halogens is 1. The van der Waals surface area contributed by atoms with E-state index in [4.69, 9.17) is 16.7 Å². The highest BCUT2D eigenvalue weighted by Crippen LogP contribution is 2.43. The molecule has 3 atom stereocenters. The Morgan fingerprint density at radius 3 is 2.82 bits per heavy atom. The second-order valence-electron chi connectivity index (χ2n) is 4.60. The lowest BCUT2D eigenvalue weighted by atomic mass is 9.89. The van der Waals surface area contributed by atoms with Crippen LogP contribution in [-0.4, -0.2) is 33.4 Å². The van der Waals surface area contributed by atoms with Crippen molar-refractivity contribution < 1.29 is 9.90 Å². The number of hydrogen-bond acceptors (Lipinski definition) is 4. The minimum Gasteiger partial charge on any atom is -0.481 e. The number of aromatic nitrogens is 2. The summed E-state index contributed by atoms with van der Waals surface area (Å²) < 4.78 is 0. The van der Waals surface area contributed by atoms with Crippen LogP contribution in [0.3, 0.4) is 0 Å². The predicted molar refractivity (Wildman–Crippen MR) is 62.1 cm³/mol. The molecule has 0 spiro atoms. The number of fused-ring (bicyclic) bond motifs is 2. The van der Waals surface area contributed by atoms with Gasteiger partial charge in [0.05, 0.1) is 5.92 Å². The molecule has 5 nitrogen and oxygen atoms in total. The zero-order valence-electron chi connectivity index (χ0n) is 9.08. The Hall–Kier alpha value is -1.36. The zero-order chi connectivity index (χ0) is 12.0. The molecule has 0 amide bonds. The number of rotatable bonds is 2. The second kappa shape index (κ2) is 3.84. The van der Waals surface area contributed by atoms with E-state index in [1.807, 2.05) is 6.07 Å². The van der Waals surface area contributed by atoms with Crippen LogP contribution in [0.4, 0.5) is 5.82 Å². The number of nitrogens with zero attached hydrogens (tertiary/aromatic N) is 3. The summed E-state index contributed by atoms with van der Waals surface area (Å²) in [5.74, 6) is -0.235. The van der Waals surface area contributed by atoms with Gasteiger partial charge in [-0.1, -0.05) is 11.6 Å². The Balaban J connectivity index is 1.90. The summed E-state index contributed by atoms with van der Waals surface area (Å²) in [5, 5.41) is 17.4. The fraction of sp³-hybridized carbons (Fsp3) is 0.545. The Morgan fingerprint density at radius 2 is 2.24 bits per heavy atom. The Labute approximate surface area is 103 Å². The topological polar surface area (TPSA) is 66.3 Å². The highest BCUT2D eigenvalue weighted by Gasteiger charge is 2.49. The van der Waals surface area contributed by atoms with Crippen molar-refractivity contribution in [3.8, 4) is 0 Å². The summed E-state index contributed by atoms with van der Waals surface area (Å²) in [5.41, 5.74) is 0. The molecule has 0 saturated carbocycles. The lowest BCUT2D eigenvalue weighted by Gasteiger charge is -2.23. The molecule has 0 radical (unpaired) electrons. The summed E-state index contributed by atoms with van der Waals surface area (Å²) in [6.07, 6.45) is 2.68. The first-order valence-corrected chi connectivity index (χ1v) is 6.05. The molecule has 3 rings (SSSR count). The van der Waals surface area contributed by atoms with E-state index in [1.54, 1.807) is 6.07 Å². The van der Waals surface area contributed by atoms with Gasteiger partial charge < -0.3 is 10.0 Å². The van der Waals surface area contributed by atoms with Gasteiger partial charge in [-0.05, 0) is 31.4 Å². The van der Waals surface area contributed by atoms with Gasteiger partial charge in [-0.2, -0.15) is 0 Å². The maximum Gasteiger partial charge on any atom is 0.308 e. The third-order valence-electron chi connectivity index (χ3n) is 3.74. The minimum absolute atomic E-state index is 0.0629. The van der Waals surface area contributed by atoms with Gasteiger partial charge in [-0.15, -0.1) is 10.2 Å². The second-order valence-corrected chi connectivity index (χ2v) is 4.99. The van der Waals surface area contributed by atoms with Gasteiger partial charge in [0, 0.05) is 12.1 Å². The number of hydrogen-bond donors (Lipinski definition) is 1. The minimum atomic E-state index is -0.705. The molecule has 6 heteroatoms. The van der Waals surface area contributed by atoms with Crippen LogP contribution >= 0.6 is 11.6 Å². The molecule has 1 aromatic rings. The average molecular weight is 254 g/mol. The van der Waals surface area contributed by atoms with Gasteiger partial charge in [0.25, 0.3) is 0 Å². The van der Waals surface area contributed by atoms with Crippen LogP contribution in [0.2, 0.25) is 5.15 Å². The van der Waals surface area contributed by atoms with Gasteiger partial charge in [0.1, 0.15) is 0 Å². The van der Waals surface area contributed by atoms with Crippen LogP contribution in [0.25, 0.3) is 0 Å². The van der Waals surface area contributed by atoms with E-state index < -0.39 is 5.97 Å². The largest absolute Gasteiger partial charge is 0.481 e. The van der Waals surface area contributed by atoms with E-state index in [9.17, 15) is 4.79 Å². The smallest absolute Gasteiger partial charge is 0.308 e. The van der Waals surface area contributed by atoms with E-state index in [0.29, 0.717) is 11.6 Å². The lowest BCUT2D eigenvalue weighted by Crippen LogP contribution is -2.33. The van der Waals surface area contributed by atoms with Gasteiger partial charge >= 0.3 is 5.97 Å².